The standard InChI is InChI=1S/C19H19ClF2N6OS/c1-10-15(20)30-18(23-10)24-17(29)14(13-7-8-19(21,22)9-13)11-3-5-12(6-4-11)16-25-27-28(2)26-16/h3-6,13-14H,7-9H2,1-2H3,(H,23,24,29)/t13-,14+/m0/s1. The number of aryl methyl sites for hydroxylation is 2. The van der Waals surface area contributed by atoms with Gasteiger partial charge in [-0.25, -0.2) is 13.8 Å². The van der Waals surface area contributed by atoms with Crippen LogP contribution in [0.25, 0.3) is 11.4 Å². The highest BCUT2D eigenvalue weighted by molar-refractivity contribution is 7.19. The first-order chi connectivity index (χ1) is 14.2. The van der Waals surface area contributed by atoms with E-state index >= 15 is 0 Å². The molecule has 1 N–H and O–H groups in total. The minimum atomic E-state index is -2.76. The van der Waals surface area contributed by atoms with Crippen molar-refractivity contribution < 1.29 is 13.6 Å². The third kappa shape index (κ3) is 4.34. The molecule has 1 fully saturated rings. The van der Waals surface area contributed by atoms with E-state index in [1.54, 1.807) is 38.2 Å². The fraction of sp³-hybridized carbons (Fsp3) is 0.421. The maximum absolute atomic E-state index is 13.9. The number of alkyl halides is 2. The summed E-state index contributed by atoms with van der Waals surface area (Å²) in [6, 6.07) is 7.05. The number of carbonyl (C=O) groups excluding carboxylic acids is 1. The summed E-state index contributed by atoms with van der Waals surface area (Å²) in [6.07, 6.45) is -0.266. The molecule has 2 atom stereocenters. The molecular weight excluding hydrogens is 434 g/mol. The summed E-state index contributed by atoms with van der Waals surface area (Å²) in [5.74, 6) is -3.88. The lowest BCUT2D eigenvalue weighted by Gasteiger charge is -2.23. The lowest BCUT2D eigenvalue weighted by Crippen LogP contribution is -2.27. The second-order valence-corrected chi connectivity index (χ2v) is 9.03. The molecule has 2 heterocycles. The average molecular weight is 453 g/mol. The number of hydrogen-bond acceptors (Lipinski definition) is 6. The molecular formula is C19H19ClF2N6OS. The first kappa shape index (κ1) is 20.8. The SMILES string of the molecule is Cc1nc(NC(=O)[C@H](c2ccc(-c3nnn(C)n3)cc2)[C@H]2CCC(F)(F)C2)sc1Cl. The Morgan fingerprint density at radius 1 is 1.37 bits per heavy atom. The highest BCUT2D eigenvalue weighted by atomic mass is 35.5. The van der Waals surface area contributed by atoms with Gasteiger partial charge in [0, 0.05) is 18.4 Å². The molecule has 0 bridgehead atoms. The summed E-state index contributed by atoms with van der Waals surface area (Å²) in [4.78, 5) is 18.7. The molecule has 1 saturated carbocycles. The molecule has 1 aromatic carbocycles. The van der Waals surface area contributed by atoms with Crippen molar-refractivity contribution in [3.63, 3.8) is 0 Å². The number of rotatable bonds is 5. The number of aromatic nitrogens is 5. The normalized spacial score (nSPS) is 19.0. The van der Waals surface area contributed by atoms with Gasteiger partial charge in [0.15, 0.2) is 5.13 Å². The molecule has 30 heavy (non-hydrogen) atoms. The maximum Gasteiger partial charge on any atom is 0.248 e. The van der Waals surface area contributed by atoms with Crippen molar-refractivity contribution in [2.75, 3.05) is 5.32 Å². The molecule has 7 nitrogen and oxygen atoms in total. The molecule has 1 aliphatic carbocycles. The van der Waals surface area contributed by atoms with E-state index in [0.29, 0.717) is 26.5 Å². The van der Waals surface area contributed by atoms with Gasteiger partial charge in [0.1, 0.15) is 4.34 Å². The molecule has 0 spiro atoms. The number of thiazole rings is 1. The van der Waals surface area contributed by atoms with Gasteiger partial charge in [0.2, 0.25) is 17.7 Å². The Bertz CT molecular complexity index is 1050. The number of amides is 1. The van der Waals surface area contributed by atoms with Crippen molar-refractivity contribution in [2.45, 2.75) is 38.0 Å². The van der Waals surface area contributed by atoms with Crippen molar-refractivity contribution in [1.29, 1.82) is 0 Å². The molecule has 0 unspecified atom stereocenters. The van der Waals surface area contributed by atoms with Crippen LogP contribution < -0.4 is 5.32 Å². The number of anilines is 1. The summed E-state index contributed by atoms with van der Waals surface area (Å²) in [5, 5.41) is 15.0. The molecule has 3 aromatic rings. The van der Waals surface area contributed by atoms with Gasteiger partial charge >= 0.3 is 0 Å². The Morgan fingerprint density at radius 3 is 2.63 bits per heavy atom. The fourth-order valence-electron chi connectivity index (χ4n) is 3.76. The van der Waals surface area contributed by atoms with Crippen LogP contribution in [0.15, 0.2) is 24.3 Å². The van der Waals surface area contributed by atoms with E-state index in [-0.39, 0.29) is 25.2 Å². The number of halogens is 3. The van der Waals surface area contributed by atoms with Crippen LogP contribution in [0.3, 0.4) is 0 Å². The first-order valence-corrected chi connectivity index (χ1v) is 10.6. The Morgan fingerprint density at radius 2 is 2.10 bits per heavy atom. The Balaban J connectivity index is 1.62. The largest absolute Gasteiger partial charge is 0.301 e. The summed E-state index contributed by atoms with van der Waals surface area (Å²) >= 11 is 7.19. The fourth-order valence-corrected chi connectivity index (χ4v) is 4.72. The van der Waals surface area contributed by atoms with Gasteiger partial charge in [0.25, 0.3) is 0 Å². The topological polar surface area (TPSA) is 85.6 Å². The molecule has 11 heteroatoms. The molecule has 4 rings (SSSR count). The second-order valence-electron chi connectivity index (χ2n) is 7.43. The van der Waals surface area contributed by atoms with E-state index in [2.05, 4.69) is 25.7 Å². The lowest BCUT2D eigenvalue weighted by molar-refractivity contribution is -0.118. The minimum absolute atomic E-state index is 0.217. The Kier molecular flexibility index (Phi) is 5.54. The van der Waals surface area contributed by atoms with E-state index in [4.69, 9.17) is 11.6 Å². The second kappa shape index (κ2) is 7.99. The Hall–Kier alpha value is -2.46. The summed E-state index contributed by atoms with van der Waals surface area (Å²) in [7, 11) is 1.66. The smallest absolute Gasteiger partial charge is 0.248 e. The van der Waals surface area contributed by atoms with Gasteiger partial charge in [-0.2, -0.15) is 4.80 Å². The molecule has 0 saturated heterocycles. The predicted molar refractivity (Wildman–Crippen MR) is 110 cm³/mol. The number of carbonyl (C=O) groups is 1. The molecule has 2 aromatic heterocycles. The van der Waals surface area contributed by atoms with Gasteiger partial charge in [-0.1, -0.05) is 47.2 Å². The van der Waals surface area contributed by atoms with E-state index in [9.17, 15) is 13.6 Å². The van der Waals surface area contributed by atoms with Crippen LogP contribution >= 0.6 is 22.9 Å². The van der Waals surface area contributed by atoms with Crippen molar-refractivity contribution in [2.24, 2.45) is 13.0 Å². The van der Waals surface area contributed by atoms with Crippen molar-refractivity contribution in [1.82, 2.24) is 25.2 Å². The lowest BCUT2D eigenvalue weighted by atomic mass is 9.83. The van der Waals surface area contributed by atoms with Gasteiger partial charge in [-0.15, -0.1) is 10.2 Å². The van der Waals surface area contributed by atoms with Crippen LogP contribution in [0.2, 0.25) is 4.34 Å². The highest BCUT2D eigenvalue weighted by Crippen LogP contribution is 2.46. The summed E-state index contributed by atoms with van der Waals surface area (Å²) in [5.41, 5.74) is 1.99. The first-order valence-electron chi connectivity index (χ1n) is 9.38. The van der Waals surface area contributed by atoms with Gasteiger partial charge in [0.05, 0.1) is 18.7 Å². The molecule has 1 amide bonds. The number of benzene rings is 1. The third-order valence-corrected chi connectivity index (χ3v) is 6.57. The molecule has 1 aliphatic rings. The average Bonchev–Trinajstić information content (AvgIpc) is 3.35. The summed E-state index contributed by atoms with van der Waals surface area (Å²) < 4.78 is 28.3. The van der Waals surface area contributed by atoms with Crippen LogP contribution in [0.4, 0.5) is 13.9 Å². The monoisotopic (exact) mass is 452 g/mol. The highest BCUT2D eigenvalue weighted by Gasteiger charge is 2.45. The van der Waals surface area contributed by atoms with Crippen LogP contribution in [0.1, 0.15) is 36.4 Å². The van der Waals surface area contributed by atoms with Gasteiger partial charge in [-0.3, -0.25) is 4.79 Å². The predicted octanol–water partition coefficient (Wildman–Crippen LogP) is 4.45. The minimum Gasteiger partial charge on any atom is -0.301 e. The zero-order chi connectivity index (χ0) is 21.5. The van der Waals surface area contributed by atoms with Crippen LogP contribution in [0, 0.1) is 12.8 Å². The van der Waals surface area contributed by atoms with E-state index in [0.717, 1.165) is 16.9 Å². The number of nitrogens with zero attached hydrogens (tertiary/aromatic N) is 5. The Labute approximate surface area is 180 Å². The molecule has 0 aliphatic heterocycles. The quantitative estimate of drug-likeness (QED) is 0.618. The van der Waals surface area contributed by atoms with Crippen LogP contribution in [0.5, 0.6) is 0 Å². The molecule has 0 radical (unpaired) electrons. The van der Waals surface area contributed by atoms with Crippen LogP contribution in [-0.2, 0) is 11.8 Å². The van der Waals surface area contributed by atoms with Gasteiger partial charge < -0.3 is 5.32 Å². The third-order valence-electron chi connectivity index (χ3n) is 5.20. The van der Waals surface area contributed by atoms with Gasteiger partial charge in [-0.05, 0) is 30.0 Å². The number of tetrazole rings is 1. The van der Waals surface area contributed by atoms with Crippen molar-refractivity contribution >= 4 is 34.0 Å². The zero-order valence-electron chi connectivity index (χ0n) is 16.3. The van der Waals surface area contributed by atoms with Crippen LogP contribution in [-0.4, -0.2) is 37.0 Å². The van der Waals surface area contributed by atoms with E-state index in [1.165, 1.54) is 4.80 Å². The number of hydrogen-bond donors (Lipinski definition) is 1. The summed E-state index contributed by atoms with van der Waals surface area (Å²) in [6.45, 7) is 1.74. The van der Waals surface area contributed by atoms with E-state index in [1.807, 2.05) is 0 Å². The number of nitrogens with one attached hydrogen (secondary N) is 1. The molecule has 158 valence electrons. The van der Waals surface area contributed by atoms with Crippen molar-refractivity contribution in [3.05, 3.63) is 39.9 Å². The maximum atomic E-state index is 13.9. The zero-order valence-corrected chi connectivity index (χ0v) is 17.8. The van der Waals surface area contributed by atoms with Crippen molar-refractivity contribution in [3.8, 4) is 11.4 Å². The van der Waals surface area contributed by atoms with E-state index < -0.39 is 17.8 Å².